The first-order valence-corrected chi connectivity index (χ1v) is 6.19. The van der Waals surface area contributed by atoms with E-state index < -0.39 is 6.10 Å². The average Bonchev–Trinajstić information content (AvgIpc) is 3.27. The van der Waals surface area contributed by atoms with Crippen molar-refractivity contribution in [3.05, 3.63) is 65.7 Å². The van der Waals surface area contributed by atoms with Crippen LogP contribution in [0.2, 0.25) is 0 Å². The summed E-state index contributed by atoms with van der Waals surface area (Å²) in [5, 5.41) is 0. The van der Waals surface area contributed by atoms with E-state index in [1.165, 1.54) is 0 Å². The summed E-state index contributed by atoms with van der Waals surface area (Å²) < 4.78 is 10.8. The Kier molecular flexibility index (Phi) is 3.05. The monoisotopic (exact) mass is 254 g/mol. The van der Waals surface area contributed by atoms with Crippen molar-refractivity contribution in [3.8, 4) is 5.75 Å². The van der Waals surface area contributed by atoms with Crippen molar-refractivity contribution < 1.29 is 14.3 Å². The molecule has 2 atom stereocenters. The van der Waals surface area contributed by atoms with Gasteiger partial charge in [-0.15, -0.1) is 0 Å². The van der Waals surface area contributed by atoms with Gasteiger partial charge in [-0.25, -0.2) is 0 Å². The maximum absolute atomic E-state index is 12.2. The highest BCUT2D eigenvalue weighted by Gasteiger charge is 2.47. The number of hydrogen-bond donors (Lipinski definition) is 0. The Labute approximate surface area is 111 Å². The molecule has 0 bridgehead atoms. The van der Waals surface area contributed by atoms with Crippen LogP contribution >= 0.6 is 0 Å². The average molecular weight is 254 g/mol. The van der Waals surface area contributed by atoms with Gasteiger partial charge in [0.15, 0.2) is 11.9 Å². The number of epoxide rings is 1. The fourth-order valence-corrected chi connectivity index (χ4v) is 2.22. The van der Waals surface area contributed by atoms with Crippen molar-refractivity contribution in [2.24, 2.45) is 0 Å². The Bertz CT molecular complexity index is 592. The molecule has 0 spiro atoms. The molecule has 0 radical (unpaired) electrons. The molecule has 1 fully saturated rings. The van der Waals surface area contributed by atoms with E-state index in [2.05, 4.69) is 0 Å². The van der Waals surface area contributed by atoms with Gasteiger partial charge < -0.3 is 9.47 Å². The largest absolute Gasteiger partial charge is 0.496 e. The Morgan fingerprint density at radius 2 is 1.74 bits per heavy atom. The molecule has 2 aromatic carbocycles. The third-order valence-corrected chi connectivity index (χ3v) is 3.25. The minimum Gasteiger partial charge on any atom is -0.496 e. The quantitative estimate of drug-likeness (QED) is 0.622. The predicted molar refractivity (Wildman–Crippen MR) is 71.4 cm³/mol. The maximum Gasteiger partial charge on any atom is 0.194 e. The van der Waals surface area contributed by atoms with E-state index in [1.54, 1.807) is 7.11 Å². The Balaban J connectivity index is 1.80. The number of para-hydroxylation sites is 1. The third kappa shape index (κ3) is 2.25. The second-order valence-electron chi connectivity index (χ2n) is 4.45. The van der Waals surface area contributed by atoms with E-state index in [0.29, 0.717) is 5.56 Å². The minimum absolute atomic E-state index is 0.0245. The molecule has 96 valence electrons. The number of ether oxygens (including phenoxy) is 2. The topological polar surface area (TPSA) is 38.8 Å². The molecular weight excluding hydrogens is 240 g/mol. The van der Waals surface area contributed by atoms with E-state index in [4.69, 9.17) is 9.47 Å². The van der Waals surface area contributed by atoms with Gasteiger partial charge in [0, 0.05) is 11.1 Å². The van der Waals surface area contributed by atoms with Crippen LogP contribution < -0.4 is 4.74 Å². The molecule has 0 unspecified atom stereocenters. The van der Waals surface area contributed by atoms with Crippen LogP contribution in [0.3, 0.4) is 0 Å². The van der Waals surface area contributed by atoms with Crippen molar-refractivity contribution in [3.63, 3.8) is 0 Å². The zero-order valence-corrected chi connectivity index (χ0v) is 10.6. The first-order chi connectivity index (χ1) is 9.31. The molecule has 19 heavy (non-hydrogen) atoms. The van der Waals surface area contributed by atoms with Gasteiger partial charge in [0.1, 0.15) is 11.9 Å². The van der Waals surface area contributed by atoms with Crippen LogP contribution in [0.4, 0.5) is 0 Å². The highest BCUT2D eigenvalue weighted by atomic mass is 16.6. The molecule has 2 aromatic rings. The van der Waals surface area contributed by atoms with E-state index in [-0.39, 0.29) is 11.9 Å². The van der Waals surface area contributed by atoms with Crippen molar-refractivity contribution >= 4 is 5.78 Å². The molecule has 3 heteroatoms. The first-order valence-electron chi connectivity index (χ1n) is 6.19. The molecule has 0 aromatic heterocycles. The molecule has 0 N–H and O–H groups in total. The predicted octanol–water partition coefficient (Wildman–Crippen LogP) is 3.02. The SMILES string of the molecule is COc1ccccc1[C@@H]1O[C@@H]1C(=O)c1ccccc1. The molecule has 1 aliphatic heterocycles. The van der Waals surface area contributed by atoms with Crippen molar-refractivity contribution in [2.45, 2.75) is 12.2 Å². The van der Waals surface area contributed by atoms with Crippen molar-refractivity contribution in [2.75, 3.05) is 7.11 Å². The summed E-state index contributed by atoms with van der Waals surface area (Å²) in [6, 6.07) is 16.8. The summed E-state index contributed by atoms with van der Waals surface area (Å²) in [4.78, 5) is 12.2. The van der Waals surface area contributed by atoms with Crippen LogP contribution in [0.25, 0.3) is 0 Å². The fourth-order valence-electron chi connectivity index (χ4n) is 2.22. The van der Waals surface area contributed by atoms with E-state index in [9.17, 15) is 4.79 Å². The van der Waals surface area contributed by atoms with Crippen molar-refractivity contribution in [1.29, 1.82) is 0 Å². The number of benzene rings is 2. The second kappa shape index (κ2) is 4.86. The lowest BCUT2D eigenvalue weighted by Gasteiger charge is -2.04. The number of carbonyl (C=O) groups excluding carboxylic acids is 1. The molecule has 1 heterocycles. The Morgan fingerprint density at radius 1 is 1.05 bits per heavy atom. The molecule has 0 saturated carbocycles. The van der Waals surface area contributed by atoms with Crippen LogP contribution in [-0.4, -0.2) is 19.0 Å². The molecule has 1 aliphatic rings. The van der Waals surface area contributed by atoms with E-state index in [0.717, 1.165) is 11.3 Å². The van der Waals surface area contributed by atoms with Gasteiger partial charge in [-0.1, -0.05) is 48.5 Å². The van der Waals surface area contributed by atoms with Gasteiger partial charge in [0.05, 0.1) is 7.11 Å². The summed E-state index contributed by atoms with van der Waals surface area (Å²) >= 11 is 0. The number of methoxy groups -OCH3 is 1. The molecule has 3 nitrogen and oxygen atoms in total. The highest BCUT2D eigenvalue weighted by molar-refractivity contribution is 6.01. The normalized spacial score (nSPS) is 20.9. The molecule has 1 saturated heterocycles. The zero-order valence-electron chi connectivity index (χ0n) is 10.6. The van der Waals surface area contributed by atoms with E-state index >= 15 is 0 Å². The summed E-state index contributed by atoms with van der Waals surface area (Å²) in [6.45, 7) is 0. The third-order valence-electron chi connectivity index (χ3n) is 3.25. The van der Waals surface area contributed by atoms with Crippen LogP contribution in [0.1, 0.15) is 22.0 Å². The number of ketones is 1. The minimum atomic E-state index is -0.390. The van der Waals surface area contributed by atoms with Gasteiger partial charge in [-0.05, 0) is 6.07 Å². The zero-order chi connectivity index (χ0) is 13.2. The Hall–Kier alpha value is -2.13. The van der Waals surface area contributed by atoms with Gasteiger partial charge >= 0.3 is 0 Å². The number of Topliss-reactive ketones (excluding diaryl/α,β-unsaturated/α-hetero) is 1. The van der Waals surface area contributed by atoms with Crippen LogP contribution in [0, 0.1) is 0 Å². The lowest BCUT2D eigenvalue weighted by molar-refractivity contribution is 0.0953. The van der Waals surface area contributed by atoms with Crippen LogP contribution in [0.5, 0.6) is 5.75 Å². The second-order valence-corrected chi connectivity index (χ2v) is 4.45. The number of rotatable bonds is 4. The highest BCUT2D eigenvalue weighted by Crippen LogP contribution is 2.44. The molecule has 0 amide bonds. The maximum atomic E-state index is 12.2. The van der Waals surface area contributed by atoms with Crippen molar-refractivity contribution in [1.82, 2.24) is 0 Å². The summed E-state index contributed by atoms with van der Waals surface area (Å²) in [5.41, 5.74) is 1.61. The molecular formula is C16H14O3. The summed E-state index contributed by atoms with van der Waals surface area (Å²) in [6.07, 6.45) is -0.581. The van der Waals surface area contributed by atoms with Crippen LogP contribution in [0.15, 0.2) is 54.6 Å². The van der Waals surface area contributed by atoms with Gasteiger partial charge in [0.2, 0.25) is 0 Å². The smallest absolute Gasteiger partial charge is 0.194 e. The lowest BCUT2D eigenvalue weighted by atomic mass is 10.0. The Morgan fingerprint density at radius 3 is 2.47 bits per heavy atom. The van der Waals surface area contributed by atoms with Crippen LogP contribution in [-0.2, 0) is 4.74 Å². The summed E-state index contributed by atoms with van der Waals surface area (Å²) in [7, 11) is 1.62. The van der Waals surface area contributed by atoms with Gasteiger partial charge in [0.25, 0.3) is 0 Å². The van der Waals surface area contributed by atoms with Gasteiger partial charge in [-0.3, -0.25) is 4.79 Å². The number of carbonyl (C=O) groups is 1. The first kappa shape index (κ1) is 11.9. The number of hydrogen-bond acceptors (Lipinski definition) is 3. The molecule has 3 rings (SSSR count). The van der Waals surface area contributed by atoms with Gasteiger partial charge in [-0.2, -0.15) is 0 Å². The standard InChI is InChI=1S/C16H14O3/c1-18-13-10-6-5-9-12(13)15-16(19-15)14(17)11-7-3-2-4-8-11/h2-10,15-16H,1H3/t15-,16+/m0/s1. The lowest BCUT2D eigenvalue weighted by Crippen LogP contribution is -2.08. The van der Waals surface area contributed by atoms with E-state index in [1.807, 2.05) is 54.6 Å². The fraction of sp³-hybridized carbons (Fsp3) is 0.188. The summed E-state index contributed by atoms with van der Waals surface area (Å²) in [5.74, 6) is 0.785. The molecule has 0 aliphatic carbocycles.